The zero-order chi connectivity index (χ0) is 21.1. The highest BCUT2D eigenvalue weighted by molar-refractivity contribution is 5.95. The first-order valence-electron chi connectivity index (χ1n) is 7.86. The van der Waals surface area contributed by atoms with Crippen molar-refractivity contribution in [3.8, 4) is 0 Å². The van der Waals surface area contributed by atoms with Gasteiger partial charge in [-0.2, -0.15) is 0 Å². The number of carbonyl (C=O) groups excluding carboxylic acids is 5. The van der Waals surface area contributed by atoms with Crippen LogP contribution in [0.4, 0.5) is 0 Å². The van der Waals surface area contributed by atoms with E-state index in [0.717, 1.165) is 0 Å². The van der Waals surface area contributed by atoms with E-state index in [9.17, 15) is 28.8 Å². The molecule has 0 aliphatic rings. The summed E-state index contributed by atoms with van der Waals surface area (Å²) in [4.78, 5) is 68.6. The summed E-state index contributed by atoms with van der Waals surface area (Å²) >= 11 is 0. The molecule has 0 unspecified atom stereocenters. The van der Waals surface area contributed by atoms with Gasteiger partial charge in [-0.25, -0.2) is 0 Å². The average molecular weight is 388 g/mol. The smallest absolute Gasteiger partial charge is 0.322 e. The summed E-state index contributed by atoms with van der Waals surface area (Å²) in [7, 11) is 0. The lowest BCUT2D eigenvalue weighted by molar-refractivity contribution is -0.138. The third kappa shape index (κ3) is 10.4. The van der Waals surface area contributed by atoms with Gasteiger partial charge < -0.3 is 38.3 Å². The average Bonchev–Trinajstić information content (AvgIpc) is 2.54. The molecule has 0 aromatic heterocycles. The summed E-state index contributed by atoms with van der Waals surface area (Å²) in [5, 5.41) is 15.1. The summed E-state index contributed by atoms with van der Waals surface area (Å²) in [5.74, 6) is -5.55. The lowest BCUT2D eigenvalue weighted by Crippen LogP contribution is -2.56. The van der Waals surface area contributed by atoms with Gasteiger partial charge in [-0.1, -0.05) is 0 Å². The molecule has 0 spiro atoms. The molecule has 5 amide bonds. The third-order valence-electron chi connectivity index (χ3n) is 3.18. The minimum Gasteiger partial charge on any atom is -0.480 e. The van der Waals surface area contributed by atoms with E-state index in [1.54, 1.807) is 0 Å². The first kappa shape index (κ1) is 23.8. The molecular weight excluding hydrogens is 364 g/mol. The van der Waals surface area contributed by atoms with Crippen molar-refractivity contribution < 1.29 is 33.9 Å². The molecule has 10 N–H and O–H groups in total. The lowest BCUT2D eigenvalue weighted by atomic mass is 10.1. The third-order valence-corrected chi connectivity index (χ3v) is 3.18. The van der Waals surface area contributed by atoms with Gasteiger partial charge in [0.15, 0.2) is 0 Å². The van der Waals surface area contributed by atoms with Gasteiger partial charge in [0, 0.05) is 6.42 Å². The molecule has 0 rings (SSSR count). The van der Waals surface area contributed by atoms with Crippen LogP contribution < -0.4 is 33.2 Å². The van der Waals surface area contributed by atoms with Gasteiger partial charge in [-0.05, 0) is 13.3 Å². The van der Waals surface area contributed by atoms with Crippen LogP contribution >= 0.6 is 0 Å². The van der Waals surface area contributed by atoms with E-state index in [-0.39, 0.29) is 12.8 Å². The van der Waals surface area contributed by atoms with Crippen LogP contribution in [0.25, 0.3) is 0 Å². The fourth-order valence-corrected chi connectivity index (χ4v) is 1.83. The van der Waals surface area contributed by atoms with Crippen molar-refractivity contribution in [3.63, 3.8) is 0 Å². The van der Waals surface area contributed by atoms with Crippen LogP contribution in [0.3, 0.4) is 0 Å². The number of aliphatic carboxylic acids is 1. The van der Waals surface area contributed by atoms with Gasteiger partial charge in [0.05, 0.1) is 12.5 Å². The molecule has 0 radical (unpaired) electrons. The Balaban J connectivity index is 5.21. The molecule has 0 aromatic carbocycles. The number of hydrogen-bond acceptors (Lipinski definition) is 7. The summed E-state index contributed by atoms with van der Waals surface area (Å²) in [5.41, 5.74) is 15.5. The largest absolute Gasteiger partial charge is 0.480 e. The normalized spacial score (nSPS) is 13.6. The van der Waals surface area contributed by atoms with Gasteiger partial charge in [-0.15, -0.1) is 0 Å². The molecule has 0 bridgehead atoms. The predicted octanol–water partition coefficient (Wildman–Crippen LogP) is -4.36. The van der Waals surface area contributed by atoms with E-state index in [1.165, 1.54) is 6.92 Å². The molecule has 0 saturated carbocycles. The maximum Gasteiger partial charge on any atom is 0.322 e. The SMILES string of the molecule is C[C@H](N)C(=O)N[C@@H](CCC(N)=O)C(=O)N[C@@H](CC(N)=O)C(=O)NCC(=O)O. The molecule has 3 atom stereocenters. The number of carbonyl (C=O) groups is 6. The number of carboxylic acids is 1. The molecular formula is C14H24N6O7. The van der Waals surface area contributed by atoms with E-state index in [2.05, 4.69) is 10.6 Å². The maximum atomic E-state index is 12.4. The van der Waals surface area contributed by atoms with E-state index >= 15 is 0 Å². The standard InChI is InChI=1S/C14H24N6O7/c1-6(15)12(25)19-7(2-3-9(16)21)14(27)20-8(4-10(17)22)13(26)18-5-11(23)24/h6-8H,2-5,15H2,1H3,(H2,16,21)(H2,17,22)(H,18,26)(H,19,25)(H,20,27)(H,23,24)/t6-,7-,8-/m0/s1. The number of hydrogen-bond donors (Lipinski definition) is 7. The van der Waals surface area contributed by atoms with Gasteiger partial charge in [-0.3, -0.25) is 28.8 Å². The highest BCUT2D eigenvalue weighted by Gasteiger charge is 2.28. The van der Waals surface area contributed by atoms with Gasteiger partial charge in [0.1, 0.15) is 18.6 Å². The molecule has 13 nitrogen and oxygen atoms in total. The van der Waals surface area contributed by atoms with Crippen LogP contribution in [0.2, 0.25) is 0 Å². The fourth-order valence-electron chi connectivity index (χ4n) is 1.83. The quantitative estimate of drug-likeness (QED) is 0.172. The van der Waals surface area contributed by atoms with E-state index in [4.69, 9.17) is 22.3 Å². The summed E-state index contributed by atoms with van der Waals surface area (Å²) in [6.45, 7) is 0.629. The fraction of sp³-hybridized carbons (Fsp3) is 0.571. The number of primary amides is 2. The van der Waals surface area contributed by atoms with Crippen molar-refractivity contribution in [2.45, 2.75) is 44.3 Å². The topological polar surface area (TPSA) is 237 Å². The zero-order valence-corrected chi connectivity index (χ0v) is 14.7. The van der Waals surface area contributed by atoms with E-state index < -0.39 is 66.6 Å². The zero-order valence-electron chi connectivity index (χ0n) is 14.7. The van der Waals surface area contributed by atoms with Crippen molar-refractivity contribution in [3.05, 3.63) is 0 Å². The Morgan fingerprint density at radius 1 is 0.889 bits per heavy atom. The Hall–Kier alpha value is -3.22. The van der Waals surface area contributed by atoms with Crippen molar-refractivity contribution in [2.24, 2.45) is 17.2 Å². The van der Waals surface area contributed by atoms with E-state index in [0.29, 0.717) is 0 Å². The van der Waals surface area contributed by atoms with Crippen LogP contribution in [0.15, 0.2) is 0 Å². The second kappa shape index (κ2) is 11.4. The van der Waals surface area contributed by atoms with Crippen LogP contribution in [0.1, 0.15) is 26.2 Å². The monoisotopic (exact) mass is 388 g/mol. The van der Waals surface area contributed by atoms with Gasteiger partial charge >= 0.3 is 5.97 Å². The predicted molar refractivity (Wildman–Crippen MR) is 90.4 cm³/mol. The van der Waals surface area contributed by atoms with Crippen LogP contribution in [-0.4, -0.2) is 65.3 Å². The number of nitrogens with two attached hydrogens (primary N) is 3. The van der Waals surface area contributed by atoms with Gasteiger partial charge in [0.2, 0.25) is 29.5 Å². The molecule has 0 aromatic rings. The highest BCUT2D eigenvalue weighted by atomic mass is 16.4. The van der Waals surface area contributed by atoms with Crippen LogP contribution in [0, 0.1) is 0 Å². The van der Waals surface area contributed by atoms with Crippen LogP contribution in [0.5, 0.6) is 0 Å². The van der Waals surface area contributed by atoms with Crippen molar-refractivity contribution >= 4 is 35.5 Å². The number of rotatable bonds is 12. The number of nitrogens with one attached hydrogen (secondary N) is 3. The van der Waals surface area contributed by atoms with E-state index in [1.807, 2.05) is 5.32 Å². The second-order valence-corrected chi connectivity index (χ2v) is 5.70. The van der Waals surface area contributed by atoms with Crippen LogP contribution in [-0.2, 0) is 28.8 Å². The first-order valence-corrected chi connectivity index (χ1v) is 7.86. The molecule has 27 heavy (non-hydrogen) atoms. The van der Waals surface area contributed by atoms with Gasteiger partial charge in [0.25, 0.3) is 0 Å². The lowest BCUT2D eigenvalue weighted by Gasteiger charge is -2.22. The Labute approximate surface area is 154 Å². The minimum absolute atomic E-state index is 0.181. The minimum atomic E-state index is -1.47. The molecule has 0 heterocycles. The molecule has 0 fully saturated rings. The highest BCUT2D eigenvalue weighted by Crippen LogP contribution is 2.01. The maximum absolute atomic E-state index is 12.4. The molecule has 0 aliphatic heterocycles. The molecule has 0 saturated heterocycles. The Morgan fingerprint density at radius 2 is 1.44 bits per heavy atom. The Morgan fingerprint density at radius 3 is 1.89 bits per heavy atom. The van der Waals surface area contributed by atoms with Crippen molar-refractivity contribution in [2.75, 3.05) is 6.54 Å². The Bertz CT molecular complexity index is 607. The molecule has 0 aliphatic carbocycles. The second-order valence-electron chi connectivity index (χ2n) is 5.70. The first-order chi connectivity index (χ1) is 12.4. The summed E-state index contributed by atoms with van der Waals surface area (Å²) < 4.78 is 0. The number of amides is 5. The number of carboxylic acid groups (broad SMARTS) is 1. The summed E-state index contributed by atoms with van der Waals surface area (Å²) in [6, 6.07) is -3.69. The Kier molecular flexibility index (Phi) is 10.0. The van der Waals surface area contributed by atoms with Crippen molar-refractivity contribution in [1.82, 2.24) is 16.0 Å². The molecule has 13 heteroatoms. The molecule has 152 valence electrons. The summed E-state index contributed by atoms with van der Waals surface area (Å²) in [6.07, 6.45) is -1.04. The van der Waals surface area contributed by atoms with Crippen molar-refractivity contribution in [1.29, 1.82) is 0 Å².